The summed E-state index contributed by atoms with van der Waals surface area (Å²) in [6, 6.07) is 89.0. The number of hydrogen-bond acceptors (Lipinski definition) is 1. The lowest BCUT2D eigenvalue weighted by Gasteiger charge is -2.34. The quantitative estimate of drug-likeness (QED) is 0.156. The summed E-state index contributed by atoms with van der Waals surface area (Å²) in [4.78, 5) is 2.43. The van der Waals surface area contributed by atoms with Gasteiger partial charge in [-0.25, -0.2) is 0 Å². The third-order valence-electron chi connectivity index (χ3n) is 12.9. The van der Waals surface area contributed by atoms with Crippen molar-refractivity contribution in [3.05, 3.63) is 265 Å². The number of nitrogens with zero attached hydrogens (tertiary/aromatic N) is 2. The van der Waals surface area contributed by atoms with Crippen molar-refractivity contribution >= 4 is 49.6 Å². The number of benzene rings is 10. The summed E-state index contributed by atoms with van der Waals surface area (Å²) in [7, 11) is 0. The lowest BCUT2D eigenvalue weighted by atomic mass is 9.67. The number of rotatable bonds is 7. The van der Waals surface area contributed by atoms with E-state index in [1.807, 2.05) is 0 Å². The summed E-state index contributed by atoms with van der Waals surface area (Å²) >= 11 is 0. The molecule has 286 valence electrons. The zero-order valence-corrected chi connectivity index (χ0v) is 33.5. The molecule has 0 fully saturated rings. The van der Waals surface area contributed by atoms with E-state index in [9.17, 15) is 0 Å². The van der Waals surface area contributed by atoms with E-state index in [0.29, 0.717) is 0 Å². The van der Waals surface area contributed by atoms with Gasteiger partial charge in [-0.2, -0.15) is 0 Å². The minimum Gasteiger partial charge on any atom is -0.310 e. The summed E-state index contributed by atoms with van der Waals surface area (Å²) in [5.74, 6) is 0. The molecule has 0 saturated heterocycles. The maximum absolute atomic E-state index is 2.43. The Morgan fingerprint density at radius 2 is 0.885 bits per heavy atom. The van der Waals surface area contributed by atoms with Crippen molar-refractivity contribution in [2.45, 2.75) is 5.41 Å². The molecule has 0 unspecified atom stereocenters. The van der Waals surface area contributed by atoms with Gasteiger partial charge in [-0.3, -0.25) is 0 Å². The monoisotopic (exact) mass is 776 g/mol. The van der Waals surface area contributed by atoms with Crippen molar-refractivity contribution < 1.29 is 0 Å². The molecule has 1 heterocycles. The number of anilines is 3. The molecule has 0 N–H and O–H groups in total. The molecule has 2 nitrogen and oxygen atoms in total. The van der Waals surface area contributed by atoms with E-state index in [-0.39, 0.29) is 0 Å². The highest BCUT2D eigenvalue weighted by Crippen LogP contribution is 2.59. The van der Waals surface area contributed by atoms with Gasteiger partial charge in [0.25, 0.3) is 0 Å². The average molecular weight is 777 g/mol. The average Bonchev–Trinajstić information content (AvgIpc) is 3.84. The highest BCUT2D eigenvalue weighted by Gasteiger charge is 2.46. The molecule has 1 aliphatic carbocycles. The van der Waals surface area contributed by atoms with Crippen molar-refractivity contribution in [2.75, 3.05) is 4.90 Å². The molecule has 10 aromatic carbocycles. The summed E-state index contributed by atoms with van der Waals surface area (Å²) in [6.45, 7) is 0. The van der Waals surface area contributed by atoms with Crippen LogP contribution in [0.25, 0.3) is 60.5 Å². The molecule has 0 amide bonds. The van der Waals surface area contributed by atoms with Crippen LogP contribution in [-0.4, -0.2) is 4.57 Å². The number of fused-ring (bicyclic) bond motifs is 7. The Bertz CT molecular complexity index is 3360. The molecule has 12 rings (SSSR count). The van der Waals surface area contributed by atoms with Gasteiger partial charge in [0.15, 0.2) is 0 Å². The first-order valence-corrected chi connectivity index (χ1v) is 21.1. The second-order valence-electron chi connectivity index (χ2n) is 16.0. The fourth-order valence-electron chi connectivity index (χ4n) is 10.4. The van der Waals surface area contributed by atoms with Gasteiger partial charge in [0.05, 0.1) is 22.1 Å². The Hall–Kier alpha value is -7.94. The normalized spacial score (nSPS) is 12.7. The Balaban J connectivity index is 1.10. The van der Waals surface area contributed by atoms with Crippen LogP contribution in [0.4, 0.5) is 17.1 Å². The Morgan fingerprint density at radius 3 is 1.62 bits per heavy atom. The van der Waals surface area contributed by atoms with E-state index in [2.05, 4.69) is 252 Å². The first-order chi connectivity index (χ1) is 30.3. The topological polar surface area (TPSA) is 8.17 Å². The SMILES string of the molecule is c1ccc(N(c2ccc3c4ccccc4n(-c4ccccc4)c3c2)c2ccc(-c3cccc4c3-c3ccccc3C4(c3ccccc3)c3ccccc3)c3ccccc23)cc1. The second kappa shape index (κ2) is 14.1. The van der Waals surface area contributed by atoms with Gasteiger partial charge >= 0.3 is 0 Å². The number of hydrogen-bond donors (Lipinski definition) is 0. The van der Waals surface area contributed by atoms with Crippen LogP contribution in [0.2, 0.25) is 0 Å². The maximum Gasteiger partial charge on any atom is 0.0713 e. The second-order valence-corrected chi connectivity index (χ2v) is 16.0. The lowest BCUT2D eigenvalue weighted by Crippen LogP contribution is -2.28. The maximum atomic E-state index is 2.43. The van der Waals surface area contributed by atoms with Crippen molar-refractivity contribution in [2.24, 2.45) is 0 Å². The first-order valence-electron chi connectivity index (χ1n) is 21.1. The predicted molar refractivity (Wildman–Crippen MR) is 256 cm³/mol. The van der Waals surface area contributed by atoms with Crippen molar-refractivity contribution in [1.82, 2.24) is 4.57 Å². The molecule has 2 heteroatoms. The molecule has 0 bridgehead atoms. The Morgan fingerprint density at radius 1 is 0.328 bits per heavy atom. The van der Waals surface area contributed by atoms with Gasteiger partial charge in [-0.1, -0.05) is 194 Å². The van der Waals surface area contributed by atoms with Gasteiger partial charge in [0.1, 0.15) is 0 Å². The van der Waals surface area contributed by atoms with E-state index in [4.69, 9.17) is 0 Å². The third kappa shape index (κ3) is 5.29. The van der Waals surface area contributed by atoms with Gasteiger partial charge in [-0.15, -0.1) is 0 Å². The summed E-state index contributed by atoms with van der Waals surface area (Å²) in [5, 5.41) is 4.88. The molecule has 11 aromatic rings. The Kier molecular flexibility index (Phi) is 8.11. The summed E-state index contributed by atoms with van der Waals surface area (Å²) in [5.41, 5.74) is 16.6. The Labute approximate surface area is 355 Å². The van der Waals surface area contributed by atoms with Crippen LogP contribution in [0.3, 0.4) is 0 Å². The van der Waals surface area contributed by atoms with Gasteiger partial charge in [-0.05, 0) is 98.4 Å². The van der Waals surface area contributed by atoms with Crippen LogP contribution in [0.5, 0.6) is 0 Å². The molecule has 0 spiro atoms. The first kappa shape index (κ1) is 35.0. The van der Waals surface area contributed by atoms with Crippen LogP contribution < -0.4 is 4.90 Å². The van der Waals surface area contributed by atoms with Crippen molar-refractivity contribution in [1.29, 1.82) is 0 Å². The van der Waals surface area contributed by atoms with E-state index in [1.54, 1.807) is 0 Å². The lowest BCUT2D eigenvalue weighted by molar-refractivity contribution is 0.768. The third-order valence-corrected chi connectivity index (χ3v) is 12.9. The van der Waals surface area contributed by atoms with Crippen molar-refractivity contribution in [3.63, 3.8) is 0 Å². The molecule has 1 aromatic heterocycles. The van der Waals surface area contributed by atoms with E-state index in [1.165, 1.54) is 77.1 Å². The van der Waals surface area contributed by atoms with Gasteiger partial charge in [0, 0.05) is 33.2 Å². The summed E-state index contributed by atoms with van der Waals surface area (Å²) < 4.78 is 2.40. The fraction of sp³-hybridized carbons (Fsp3) is 0.0169. The molecular weight excluding hydrogens is 737 g/mol. The van der Waals surface area contributed by atoms with Crippen LogP contribution in [0.15, 0.2) is 243 Å². The van der Waals surface area contributed by atoms with Gasteiger partial charge < -0.3 is 9.47 Å². The highest BCUT2D eigenvalue weighted by molar-refractivity contribution is 6.12. The molecular formula is C59H40N2. The number of para-hydroxylation sites is 3. The largest absolute Gasteiger partial charge is 0.310 e. The summed E-state index contributed by atoms with van der Waals surface area (Å²) in [6.07, 6.45) is 0. The minimum atomic E-state index is -0.467. The van der Waals surface area contributed by atoms with Gasteiger partial charge in [0.2, 0.25) is 0 Å². The standard InChI is InChI=1S/C59H40N2/c1-5-20-41(21-6-1)59(42-22-7-2-8-23-42)53-33-17-15-31-52(53)58-51(32-19-34-54(58)59)47-38-39-56(48-29-14-13-28-46(47)48)60(43-24-9-3-10-25-43)45-36-37-50-49-30-16-18-35-55(49)61(57(50)40-45)44-26-11-4-12-27-44/h1-40H. The predicted octanol–water partition coefficient (Wildman–Crippen LogP) is 15.4. The van der Waals surface area contributed by atoms with E-state index < -0.39 is 5.41 Å². The minimum absolute atomic E-state index is 0.467. The van der Waals surface area contributed by atoms with Crippen LogP contribution in [0.1, 0.15) is 22.3 Å². The van der Waals surface area contributed by atoms with E-state index in [0.717, 1.165) is 22.7 Å². The van der Waals surface area contributed by atoms with Crippen molar-refractivity contribution in [3.8, 4) is 27.9 Å². The zero-order chi connectivity index (χ0) is 40.3. The van der Waals surface area contributed by atoms with Crippen LogP contribution in [-0.2, 0) is 5.41 Å². The van der Waals surface area contributed by atoms with Crippen LogP contribution in [0, 0.1) is 0 Å². The highest BCUT2D eigenvalue weighted by atomic mass is 15.1. The smallest absolute Gasteiger partial charge is 0.0713 e. The number of aromatic nitrogens is 1. The molecule has 61 heavy (non-hydrogen) atoms. The van der Waals surface area contributed by atoms with E-state index >= 15 is 0 Å². The fourth-order valence-corrected chi connectivity index (χ4v) is 10.4. The molecule has 0 aliphatic heterocycles. The molecule has 0 radical (unpaired) electrons. The zero-order valence-electron chi connectivity index (χ0n) is 33.5. The molecule has 0 atom stereocenters. The van der Waals surface area contributed by atoms with Crippen LogP contribution >= 0.6 is 0 Å². The molecule has 0 saturated carbocycles. The molecule has 1 aliphatic rings.